The Morgan fingerprint density at radius 3 is 2.80 bits per heavy atom. The van der Waals surface area contributed by atoms with Crippen LogP contribution in [0.2, 0.25) is 0 Å². The van der Waals surface area contributed by atoms with Crippen LogP contribution in [0.15, 0.2) is 0 Å². The molecule has 1 aliphatic heterocycles. The summed E-state index contributed by atoms with van der Waals surface area (Å²) in [5, 5.41) is 9.71. The van der Waals surface area contributed by atoms with Gasteiger partial charge in [0, 0.05) is 19.6 Å². The molecule has 0 spiro atoms. The average Bonchev–Trinajstić information content (AvgIpc) is 3.04. The highest BCUT2D eigenvalue weighted by molar-refractivity contribution is 5.73. The second kappa shape index (κ2) is 4.49. The average molecular weight is 213 g/mol. The van der Waals surface area contributed by atoms with Gasteiger partial charge in [-0.25, -0.2) is 0 Å². The molecule has 2 rings (SSSR count). The number of piperidine rings is 1. The molecule has 1 heterocycles. The zero-order valence-corrected chi connectivity index (χ0v) is 9.19. The maximum atomic E-state index is 11.4. The third kappa shape index (κ3) is 2.69. The molecule has 0 bridgehead atoms. The number of esters is 1. The number of ether oxygens (including phenoxy) is 1. The summed E-state index contributed by atoms with van der Waals surface area (Å²) in [6.45, 7) is 2.65. The summed E-state index contributed by atoms with van der Waals surface area (Å²) in [5.41, 5.74) is 0. The lowest BCUT2D eigenvalue weighted by molar-refractivity contribution is -0.152. The van der Waals surface area contributed by atoms with Crippen LogP contribution in [0.4, 0.5) is 0 Å². The van der Waals surface area contributed by atoms with Crippen molar-refractivity contribution in [3.8, 4) is 0 Å². The van der Waals surface area contributed by atoms with Gasteiger partial charge in [0.05, 0.1) is 19.1 Å². The molecule has 0 aromatic rings. The fraction of sp³-hybridized carbons (Fsp3) is 0.909. The molecule has 0 unspecified atom stereocenters. The van der Waals surface area contributed by atoms with E-state index >= 15 is 0 Å². The number of carbonyl (C=O) groups is 1. The minimum absolute atomic E-state index is 0.275. The summed E-state index contributed by atoms with van der Waals surface area (Å²) in [6.07, 6.45) is 2.81. The second-order valence-corrected chi connectivity index (χ2v) is 4.69. The molecule has 0 aromatic carbocycles. The molecule has 1 aliphatic carbocycles. The molecule has 86 valence electrons. The number of hydrogen-bond donors (Lipinski definition) is 1. The lowest BCUT2D eigenvalue weighted by Gasteiger charge is -2.34. The highest BCUT2D eigenvalue weighted by Gasteiger charge is 2.35. The molecule has 0 aromatic heterocycles. The molecular weight excluding hydrogens is 194 g/mol. The fourth-order valence-electron chi connectivity index (χ4n) is 2.22. The van der Waals surface area contributed by atoms with Gasteiger partial charge in [0.1, 0.15) is 0 Å². The van der Waals surface area contributed by atoms with Crippen LogP contribution in [0.1, 0.15) is 19.3 Å². The molecule has 1 saturated carbocycles. The Kier molecular flexibility index (Phi) is 3.26. The molecule has 0 amide bonds. The van der Waals surface area contributed by atoms with E-state index in [-0.39, 0.29) is 11.9 Å². The number of likely N-dealkylation sites (tertiary alicyclic amines) is 1. The van der Waals surface area contributed by atoms with Crippen molar-refractivity contribution >= 4 is 5.97 Å². The maximum absolute atomic E-state index is 11.4. The summed E-state index contributed by atoms with van der Waals surface area (Å²) in [6, 6.07) is 0. The quantitative estimate of drug-likeness (QED) is 0.683. The Morgan fingerprint density at radius 1 is 1.47 bits per heavy atom. The van der Waals surface area contributed by atoms with E-state index in [0.717, 1.165) is 19.0 Å². The van der Waals surface area contributed by atoms with Crippen molar-refractivity contribution in [2.45, 2.75) is 25.4 Å². The van der Waals surface area contributed by atoms with Gasteiger partial charge in [-0.3, -0.25) is 4.79 Å². The van der Waals surface area contributed by atoms with Crippen LogP contribution < -0.4 is 0 Å². The van der Waals surface area contributed by atoms with Crippen LogP contribution in [0, 0.1) is 11.8 Å². The third-order valence-corrected chi connectivity index (χ3v) is 3.38. The first kappa shape index (κ1) is 10.9. The number of rotatable bonds is 3. The van der Waals surface area contributed by atoms with Crippen molar-refractivity contribution < 1.29 is 14.6 Å². The Balaban J connectivity index is 1.87. The van der Waals surface area contributed by atoms with E-state index in [4.69, 9.17) is 4.74 Å². The number of aliphatic hydroxyl groups excluding tert-OH is 1. The van der Waals surface area contributed by atoms with Crippen molar-refractivity contribution in [3.05, 3.63) is 0 Å². The van der Waals surface area contributed by atoms with Crippen LogP contribution in [0.5, 0.6) is 0 Å². The highest BCUT2D eigenvalue weighted by atomic mass is 16.5. The van der Waals surface area contributed by atoms with Crippen LogP contribution in [0.25, 0.3) is 0 Å². The Hall–Kier alpha value is -0.610. The molecule has 2 fully saturated rings. The van der Waals surface area contributed by atoms with Gasteiger partial charge in [0.25, 0.3) is 0 Å². The minimum Gasteiger partial charge on any atom is -0.469 e. The van der Waals surface area contributed by atoms with Gasteiger partial charge < -0.3 is 14.7 Å². The van der Waals surface area contributed by atoms with Gasteiger partial charge in [-0.15, -0.1) is 0 Å². The van der Waals surface area contributed by atoms with Crippen LogP contribution in [0.3, 0.4) is 0 Å². The van der Waals surface area contributed by atoms with E-state index in [2.05, 4.69) is 4.90 Å². The van der Waals surface area contributed by atoms with Crippen molar-refractivity contribution in [2.75, 3.05) is 26.7 Å². The number of carbonyl (C=O) groups excluding carboxylic acids is 1. The standard InChI is InChI=1S/C11H19NO3/c1-15-11(14)9-7-12(5-4-10(9)13)6-8-2-3-8/h8-10,13H,2-7H2,1H3/t9-,10-/m0/s1. The van der Waals surface area contributed by atoms with Gasteiger partial charge in [-0.05, 0) is 25.2 Å². The number of methoxy groups -OCH3 is 1. The van der Waals surface area contributed by atoms with Gasteiger partial charge in [0.2, 0.25) is 0 Å². The first-order chi connectivity index (χ1) is 7.20. The van der Waals surface area contributed by atoms with Crippen molar-refractivity contribution in [2.24, 2.45) is 11.8 Å². The molecule has 2 aliphatic rings. The monoisotopic (exact) mass is 213 g/mol. The van der Waals surface area contributed by atoms with E-state index < -0.39 is 6.10 Å². The summed E-state index contributed by atoms with van der Waals surface area (Å²) >= 11 is 0. The zero-order valence-electron chi connectivity index (χ0n) is 9.19. The molecule has 4 nitrogen and oxygen atoms in total. The van der Waals surface area contributed by atoms with Crippen LogP contribution in [-0.2, 0) is 9.53 Å². The lowest BCUT2D eigenvalue weighted by Crippen LogP contribution is -2.47. The molecule has 15 heavy (non-hydrogen) atoms. The summed E-state index contributed by atoms with van der Waals surface area (Å²) in [4.78, 5) is 13.7. The van der Waals surface area contributed by atoms with Crippen molar-refractivity contribution in [3.63, 3.8) is 0 Å². The highest BCUT2D eigenvalue weighted by Crippen LogP contribution is 2.31. The Morgan fingerprint density at radius 2 is 2.20 bits per heavy atom. The largest absolute Gasteiger partial charge is 0.469 e. The first-order valence-corrected chi connectivity index (χ1v) is 5.69. The van der Waals surface area contributed by atoms with Gasteiger partial charge in [0.15, 0.2) is 0 Å². The number of hydrogen-bond acceptors (Lipinski definition) is 4. The van der Waals surface area contributed by atoms with Gasteiger partial charge in [-0.2, -0.15) is 0 Å². The summed E-state index contributed by atoms with van der Waals surface area (Å²) in [5.74, 6) is 0.212. The molecular formula is C11H19NO3. The van der Waals surface area contributed by atoms with Crippen LogP contribution in [-0.4, -0.2) is 48.8 Å². The first-order valence-electron chi connectivity index (χ1n) is 5.69. The Labute approximate surface area is 90.2 Å². The minimum atomic E-state index is -0.520. The normalized spacial score (nSPS) is 32.7. The zero-order chi connectivity index (χ0) is 10.8. The fourth-order valence-corrected chi connectivity index (χ4v) is 2.22. The topological polar surface area (TPSA) is 49.8 Å². The predicted octanol–water partition coefficient (Wildman–Crippen LogP) is 0.252. The maximum Gasteiger partial charge on any atom is 0.312 e. The number of aliphatic hydroxyl groups is 1. The predicted molar refractivity (Wildman–Crippen MR) is 55.3 cm³/mol. The molecule has 1 N–H and O–H groups in total. The van der Waals surface area contributed by atoms with Gasteiger partial charge in [-0.1, -0.05) is 0 Å². The SMILES string of the molecule is COC(=O)[C@H]1CN(CC2CC2)CC[C@@H]1O. The number of nitrogens with zero attached hydrogens (tertiary/aromatic N) is 1. The van der Waals surface area contributed by atoms with Gasteiger partial charge >= 0.3 is 5.97 Å². The smallest absolute Gasteiger partial charge is 0.312 e. The molecule has 2 atom stereocenters. The lowest BCUT2D eigenvalue weighted by atomic mass is 9.94. The van der Waals surface area contributed by atoms with Crippen molar-refractivity contribution in [1.29, 1.82) is 0 Å². The Bertz CT molecular complexity index is 240. The second-order valence-electron chi connectivity index (χ2n) is 4.69. The van der Waals surface area contributed by atoms with E-state index in [1.54, 1.807) is 0 Å². The summed E-state index contributed by atoms with van der Waals surface area (Å²) < 4.78 is 4.70. The van der Waals surface area contributed by atoms with E-state index in [9.17, 15) is 9.90 Å². The van der Waals surface area contributed by atoms with E-state index in [1.807, 2.05) is 0 Å². The molecule has 0 radical (unpaired) electrons. The van der Waals surface area contributed by atoms with E-state index in [1.165, 1.54) is 20.0 Å². The van der Waals surface area contributed by atoms with E-state index in [0.29, 0.717) is 13.0 Å². The van der Waals surface area contributed by atoms with Crippen LogP contribution >= 0.6 is 0 Å². The summed E-state index contributed by atoms with van der Waals surface area (Å²) in [7, 11) is 1.38. The molecule has 4 heteroatoms. The third-order valence-electron chi connectivity index (χ3n) is 3.38. The molecule has 1 saturated heterocycles. The van der Waals surface area contributed by atoms with Crippen molar-refractivity contribution in [1.82, 2.24) is 4.90 Å².